The van der Waals surface area contributed by atoms with Crippen LogP contribution in [-0.2, 0) is 0 Å². The highest BCUT2D eigenvalue weighted by molar-refractivity contribution is 6.11. The smallest absolute Gasteiger partial charge is 0.197 e. The van der Waals surface area contributed by atoms with Crippen molar-refractivity contribution in [3.05, 3.63) is 64.7 Å². The minimum Gasteiger partial charge on any atom is -0.507 e. The molecule has 2 heteroatoms. The van der Waals surface area contributed by atoms with Gasteiger partial charge in [0, 0.05) is 5.56 Å². The predicted molar refractivity (Wildman–Crippen MR) is 67.5 cm³/mol. The van der Waals surface area contributed by atoms with Gasteiger partial charge >= 0.3 is 0 Å². The summed E-state index contributed by atoms with van der Waals surface area (Å²) in [5.74, 6) is -0.0862. The van der Waals surface area contributed by atoms with Crippen molar-refractivity contribution in [2.24, 2.45) is 0 Å². The Bertz CT molecular complexity index is 533. The van der Waals surface area contributed by atoms with Crippen LogP contribution in [0.15, 0.2) is 42.5 Å². The van der Waals surface area contributed by atoms with Crippen molar-refractivity contribution in [1.82, 2.24) is 0 Å². The van der Waals surface area contributed by atoms with Crippen LogP contribution in [0.4, 0.5) is 0 Å². The van der Waals surface area contributed by atoms with Crippen LogP contribution in [0.1, 0.15) is 27.0 Å². The normalized spacial score (nSPS) is 10.2. The Kier molecular flexibility index (Phi) is 2.96. The molecular formula is C15H14O2. The largest absolute Gasteiger partial charge is 0.507 e. The second kappa shape index (κ2) is 4.42. The number of benzene rings is 2. The van der Waals surface area contributed by atoms with Crippen molar-refractivity contribution in [2.75, 3.05) is 0 Å². The van der Waals surface area contributed by atoms with E-state index in [1.165, 1.54) is 0 Å². The molecule has 0 amide bonds. The fourth-order valence-electron chi connectivity index (χ4n) is 1.97. The Balaban J connectivity index is 2.52. The first-order chi connectivity index (χ1) is 8.09. The number of aromatic hydroxyl groups is 1. The lowest BCUT2D eigenvalue weighted by Crippen LogP contribution is -2.04. The van der Waals surface area contributed by atoms with Gasteiger partial charge in [-0.3, -0.25) is 4.79 Å². The summed E-state index contributed by atoms with van der Waals surface area (Å²) in [5.41, 5.74) is 2.73. The molecule has 0 radical (unpaired) electrons. The van der Waals surface area contributed by atoms with Gasteiger partial charge in [-0.15, -0.1) is 0 Å². The average Bonchev–Trinajstić information content (AvgIpc) is 2.28. The van der Waals surface area contributed by atoms with Crippen molar-refractivity contribution >= 4 is 5.78 Å². The number of hydrogen-bond donors (Lipinski definition) is 1. The predicted octanol–water partition coefficient (Wildman–Crippen LogP) is 3.24. The maximum atomic E-state index is 12.2. The Hall–Kier alpha value is -2.09. The molecule has 0 aliphatic carbocycles. The van der Waals surface area contributed by atoms with Gasteiger partial charge in [0.1, 0.15) is 5.75 Å². The molecular weight excluding hydrogens is 212 g/mol. The molecule has 17 heavy (non-hydrogen) atoms. The van der Waals surface area contributed by atoms with Crippen molar-refractivity contribution in [2.45, 2.75) is 13.8 Å². The molecule has 0 aliphatic rings. The molecule has 0 saturated carbocycles. The van der Waals surface area contributed by atoms with E-state index in [4.69, 9.17) is 0 Å². The molecule has 2 aromatic carbocycles. The third kappa shape index (κ3) is 2.21. The third-order valence-corrected chi connectivity index (χ3v) is 2.72. The second-order valence-corrected chi connectivity index (χ2v) is 4.17. The third-order valence-electron chi connectivity index (χ3n) is 2.72. The fraction of sp³-hybridized carbons (Fsp3) is 0.133. The highest BCUT2D eigenvalue weighted by Crippen LogP contribution is 2.25. The lowest BCUT2D eigenvalue weighted by Gasteiger charge is -2.08. The summed E-state index contributed by atoms with van der Waals surface area (Å²) in [6, 6.07) is 12.5. The molecule has 86 valence electrons. The number of hydrogen-bond acceptors (Lipinski definition) is 2. The molecule has 0 heterocycles. The zero-order chi connectivity index (χ0) is 12.4. The van der Waals surface area contributed by atoms with Gasteiger partial charge in [-0.05, 0) is 31.0 Å². The van der Waals surface area contributed by atoms with Gasteiger partial charge in [-0.1, -0.05) is 36.4 Å². The van der Waals surface area contributed by atoms with Crippen LogP contribution in [0.2, 0.25) is 0 Å². The lowest BCUT2D eigenvalue weighted by atomic mass is 9.96. The van der Waals surface area contributed by atoms with E-state index in [0.717, 1.165) is 11.1 Å². The van der Waals surface area contributed by atoms with Crippen LogP contribution in [0.5, 0.6) is 5.75 Å². The van der Waals surface area contributed by atoms with Crippen molar-refractivity contribution in [1.29, 1.82) is 0 Å². The summed E-state index contributed by atoms with van der Waals surface area (Å²) in [4.78, 5) is 12.2. The Labute approximate surface area is 101 Å². The number of aryl methyl sites for hydroxylation is 2. The number of ketones is 1. The highest BCUT2D eigenvalue weighted by Gasteiger charge is 2.16. The Morgan fingerprint density at radius 3 is 2.29 bits per heavy atom. The summed E-state index contributed by atoms with van der Waals surface area (Å²) < 4.78 is 0. The number of carbonyl (C=O) groups excluding carboxylic acids is 1. The monoisotopic (exact) mass is 226 g/mol. The minimum absolute atomic E-state index is 0.0522. The molecule has 0 atom stereocenters. The molecule has 2 nitrogen and oxygen atoms in total. The molecule has 2 aromatic rings. The zero-order valence-corrected chi connectivity index (χ0v) is 9.90. The van der Waals surface area contributed by atoms with Gasteiger partial charge < -0.3 is 5.11 Å². The first kappa shape index (κ1) is 11.4. The van der Waals surface area contributed by atoms with Gasteiger partial charge in [0.25, 0.3) is 0 Å². The number of carbonyl (C=O) groups is 1. The van der Waals surface area contributed by atoms with E-state index < -0.39 is 0 Å². The quantitative estimate of drug-likeness (QED) is 0.798. The maximum absolute atomic E-state index is 12.2. The Morgan fingerprint density at radius 2 is 1.71 bits per heavy atom. The molecule has 0 aliphatic heterocycles. The topological polar surface area (TPSA) is 37.3 Å². The first-order valence-corrected chi connectivity index (χ1v) is 5.49. The average molecular weight is 226 g/mol. The SMILES string of the molecule is Cc1cc(C)c(C(=O)c2ccccc2)c(O)c1. The summed E-state index contributed by atoms with van der Waals surface area (Å²) in [5, 5.41) is 9.88. The summed E-state index contributed by atoms with van der Waals surface area (Å²) >= 11 is 0. The molecule has 0 unspecified atom stereocenters. The summed E-state index contributed by atoms with van der Waals surface area (Å²) in [6.07, 6.45) is 0. The molecule has 0 aromatic heterocycles. The first-order valence-electron chi connectivity index (χ1n) is 5.49. The number of phenolic OH excluding ortho intramolecular Hbond substituents is 1. The van der Waals surface area contributed by atoms with E-state index in [-0.39, 0.29) is 11.5 Å². The molecule has 0 saturated heterocycles. The van der Waals surface area contributed by atoms with Crippen LogP contribution in [-0.4, -0.2) is 10.9 Å². The van der Waals surface area contributed by atoms with Crippen molar-refractivity contribution in [3.8, 4) is 5.75 Å². The van der Waals surface area contributed by atoms with E-state index in [9.17, 15) is 9.90 Å². The summed E-state index contributed by atoms with van der Waals surface area (Å²) in [7, 11) is 0. The van der Waals surface area contributed by atoms with Crippen molar-refractivity contribution in [3.63, 3.8) is 0 Å². The van der Waals surface area contributed by atoms with Crippen LogP contribution < -0.4 is 0 Å². The summed E-state index contributed by atoms with van der Waals surface area (Å²) in [6.45, 7) is 3.73. The highest BCUT2D eigenvalue weighted by atomic mass is 16.3. The fourth-order valence-corrected chi connectivity index (χ4v) is 1.97. The zero-order valence-electron chi connectivity index (χ0n) is 9.90. The minimum atomic E-state index is -0.138. The van der Waals surface area contributed by atoms with E-state index >= 15 is 0 Å². The van der Waals surface area contributed by atoms with Crippen molar-refractivity contribution < 1.29 is 9.90 Å². The van der Waals surface area contributed by atoms with Crippen LogP contribution in [0.25, 0.3) is 0 Å². The van der Waals surface area contributed by atoms with Crippen LogP contribution >= 0.6 is 0 Å². The van der Waals surface area contributed by atoms with E-state index in [1.54, 1.807) is 18.2 Å². The van der Waals surface area contributed by atoms with Crippen LogP contribution in [0.3, 0.4) is 0 Å². The number of phenols is 1. The maximum Gasteiger partial charge on any atom is 0.197 e. The van der Waals surface area contributed by atoms with E-state index in [2.05, 4.69) is 0 Å². The molecule has 0 spiro atoms. The molecule has 0 bridgehead atoms. The second-order valence-electron chi connectivity index (χ2n) is 4.17. The molecule has 1 N–H and O–H groups in total. The lowest BCUT2D eigenvalue weighted by molar-refractivity contribution is 0.103. The molecule has 0 fully saturated rings. The van der Waals surface area contributed by atoms with Gasteiger partial charge in [-0.25, -0.2) is 0 Å². The standard InChI is InChI=1S/C15H14O2/c1-10-8-11(2)14(13(16)9-10)15(17)12-6-4-3-5-7-12/h3-9,16H,1-2H3. The van der Waals surface area contributed by atoms with Gasteiger partial charge in [-0.2, -0.15) is 0 Å². The number of rotatable bonds is 2. The van der Waals surface area contributed by atoms with E-state index in [0.29, 0.717) is 11.1 Å². The van der Waals surface area contributed by atoms with Crippen LogP contribution in [0, 0.1) is 13.8 Å². The van der Waals surface area contributed by atoms with Gasteiger partial charge in [0.2, 0.25) is 0 Å². The van der Waals surface area contributed by atoms with E-state index in [1.807, 2.05) is 38.1 Å². The molecule has 2 rings (SSSR count). The Morgan fingerprint density at radius 1 is 1.06 bits per heavy atom. The van der Waals surface area contributed by atoms with Gasteiger partial charge in [0.15, 0.2) is 5.78 Å². The van der Waals surface area contributed by atoms with Gasteiger partial charge in [0.05, 0.1) is 5.56 Å².